The van der Waals surface area contributed by atoms with E-state index in [1.54, 1.807) is 43.4 Å². The molecule has 1 aliphatic carbocycles. The van der Waals surface area contributed by atoms with E-state index in [0.29, 0.717) is 10.7 Å². The van der Waals surface area contributed by atoms with Crippen LogP contribution in [-0.2, 0) is 22.9 Å². The van der Waals surface area contributed by atoms with E-state index in [1.807, 2.05) is 6.07 Å². The van der Waals surface area contributed by atoms with Gasteiger partial charge in [-0.3, -0.25) is 5.43 Å². The number of aryl methyl sites for hydroxylation is 2. The van der Waals surface area contributed by atoms with Gasteiger partial charge < -0.3 is 5.32 Å². The summed E-state index contributed by atoms with van der Waals surface area (Å²) < 4.78 is 29.2. The Morgan fingerprint density at radius 2 is 1.80 bits per heavy atom. The number of guanidine groups is 1. The van der Waals surface area contributed by atoms with Crippen molar-refractivity contribution in [2.45, 2.75) is 24.2 Å². The third-order valence-corrected chi connectivity index (χ3v) is 5.45. The van der Waals surface area contributed by atoms with Crippen molar-refractivity contribution in [1.82, 2.24) is 10.9 Å². The molecular formula is C17H19ClN4O2S. The number of hydrogen-bond acceptors (Lipinski definition) is 3. The summed E-state index contributed by atoms with van der Waals surface area (Å²) in [5, 5.41) is 3.52. The molecule has 3 N–H and O–H groups in total. The molecule has 132 valence electrons. The Kier molecular flexibility index (Phi) is 5.27. The molecular weight excluding hydrogens is 360 g/mol. The minimum atomic E-state index is -3.83. The summed E-state index contributed by atoms with van der Waals surface area (Å²) >= 11 is 5.86. The van der Waals surface area contributed by atoms with Crippen molar-refractivity contribution in [3.63, 3.8) is 0 Å². The van der Waals surface area contributed by atoms with Crippen molar-refractivity contribution in [3.05, 3.63) is 58.6 Å². The van der Waals surface area contributed by atoms with E-state index in [9.17, 15) is 8.42 Å². The number of sulfonamides is 1. The van der Waals surface area contributed by atoms with Gasteiger partial charge in [0.2, 0.25) is 5.96 Å². The number of nitrogens with one attached hydrogen (secondary N) is 3. The zero-order valence-electron chi connectivity index (χ0n) is 13.7. The molecule has 0 atom stereocenters. The Morgan fingerprint density at radius 3 is 2.52 bits per heavy atom. The van der Waals surface area contributed by atoms with Crippen molar-refractivity contribution < 1.29 is 8.42 Å². The molecule has 3 rings (SSSR count). The monoisotopic (exact) mass is 378 g/mol. The SMILES string of the molecule is CNNC(=NS(=O)(=O)c1ccc2c(c1)CCC2)Nc1ccc(Cl)cc1. The van der Waals surface area contributed by atoms with Crippen LogP contribution < -0.4 is 16.2 Å². The molecule has 0 aromatic heterocycles. The topological polar surface area (TPSA) is 82.6 Å². The first-order valence-electron chi connectivity index (χ1n) is 7.90. The molecule has 0 unspecified atom stereocenters. The van der Waals surface area contributed by atoms with Crippen LogP contribution in [0.2, 0.25) is 5.02 Å². The molecule has 0 heterocycles. The molecule has 0 amide bonds. The third kappa shape index (κ3) is 4.31. The van der Waals surface area contributed by atoms with Crippen LogP contribution in [0.4, 0.5) is 5.69 Å². The van der Waals surface area contributed by atoms with Crippen LogP contribution in [0.25, 0.3) is 0 Å². The smallest absolute Gasteiger partial charge is 0.285 e. The molecule has 8 heteroatoms. The Hall–Kier alpha value is -2.09. The van der Waals surface area contributed by atoms with Gasteiger partial charge in [0, 0.05) is 17.8 Å². The fourth-order valence-electron chi connectivity index (χ4n) is 2.75. The van der Waals surface area contributed by atoms with Crippen LogP contribution in [0, 0.1) is 0 Å². The lowest BCUT2D eigenvalue weighted by molar-refractivity contribution is 0.597. The first-order valence-corrected chi connectivity index (χ1v) is 9.72. The van der Waals surface area contributed by atoms with E-state index in [4.69, 9.17) is 11.6 Å². The molecule has 0 radical (unpaired) electrons. The number of benzene rings is 2. The summed E-state index contributed by atoms with van der Waals surface area (Å²) in [7, 11) is -2.21. The first-order chi connectivity index (χ1) is 12.0. The largest absolute Gasteiger partial charge is 0.324 e. The van der Waals surface area contributed by atoms with Gasteiger partial charge in [0.05, 0.1) is 4.90 Å². The average Bonchev–Trinajstić information content (AvgIpc) is 3.04. The van der Waals surface area contributed by atoms with Gasteiger partial charge in [-0.05, 0) is 66.8 Å². The highest BCUT2D eigenvalue weighted by molar-refractivity contribution is 7.90. The highest BCUT2D eigenvalue weighted by Gasteiger charge is 2.19. The van der Waals surface area contributed by atoms with Crippen molar-refractivity contribution in [2.24, 2.45) is 4.40 Å². The van der Waals surface area contributed by atoms with E-state index in [1.165, 1.54) is 5.56 Å². The van der Waals surface area contributed by atoms with Crippen LogP contribution in [0.5, 0.6) is 0 Å². The van der Waals surface area contributed by atoms with Crippen LogP contribution in [0.1, 0.15) is 17.5 Å². The van der Waals surface area contributed by atoms with Crippen molar-refractivity contribution in [3.8, 4) is 0 Å². The summed E-state index contributed by atoms with van der Waals surface area (Å²) in [5.41, 5.74) is 8.35. The molecule has 0 bridgehead atoms. The van der Waals surface area contributed by atoms with Gasteiger partial charge in [-0.25, -0.2) is 5.43 Å². The molecule has 0 aliphatic heterocycles. The number of hydrazine groups is 1. The van der Waals surface area contributed by atoms with Crippen molar-refractivity contribution >= 4 is 33.3 Å². The quantitative estimate of drug-likeness (QED) is 0.433. The lowest BCUT2D eigenvalue weighted by Crippen LogP contribution is -2.39. The van der Waals surface area contributed by atoms with Gasteiger partial charge in [0.15, 0.2) is 0 Å². The molecule has 2 aromatic carbocycles. The molecule has 1 aliphatic rings. The van der Waals surface area contributed by atoms with Crippen LogP contribution in [0.3, 0.4) is 0 Å². The third-order valence-electron chi connectivity index (χ3n) is 3.93. The fraction of sp³-hybridized carbons (Fsp3) is 0.235. The van der Waals surface area contributed by atoms with Gasteiger partial charge in [-0.15, -0.1) is 4.40 Å². The van der Waals surface area contributed by atoms with Gasteiger partial charge in [0.1, 0.15) is 0 Å². The number of nitrogens with zero attached hydrogens (tertiary/aromatic N) is 1. The maximum atomic E-state index is 12.6. The highest BCUT2D eigenvalue weighted by atomic mass is 35.5. The van der Waals surface area contributed by atoms with Crippen molar-refractivity contribution in [1.29, 1.82) is 0 Å². The molecule has 0 fully saturated rings. The van der Waals surface area contributed by atoms with Crippen LogP contribution in [-0.4, -0.2) is 21.4 Å². The summed E-state index contributed by atoms with van der Waals surface area (Å²) in [6, 6.07) is 12.1. The highest BCUT2D eigenvalue weighted by Crippen LogP contribution is 2.25. The molecule has 0 saturated heterocycles. The Balaban J connectivity index is 1.88. The summed E-state index contributed by atoms with van der Waals surface area (Å²) in [4.78, 5) is 0.196. The van der Waals surface area contributed by atoms with Gasteiger partial charge in [-0.2, -0.15) is 8.42 Å². The zero-order chi connectivity index (χ0) is 17.9. The minimum absolute atomic E-state index is 0.0744. The Morgan fingerprint density at radius 1 is 1.08 bits per heavy atom. The number of hydrogen-bond donors (Lipinski definition) is 3. The lowest BCUT2D eigenvalue weighted by Gasteiger charge is -2.12. The first kappa shape index (κ1) is 17.7. The lowest BCUT2D eigenvalue weighted by atomic mass is 10.1. The van der Waals surface area contributed by atoms with E-state index < -0.39 is 10.0 Å². The maximum Gasteiger partial charge on any atom is 0.285 e. The summed E-state index contributed by atoms with van der Waals surface area (Å²) in [6.07, 6.45) is 2.98. The van der Waals surface area contributed by atoms with E-state index in [0.717, 1.165) is 24.8 Å². The number of rotatable bonds is 4. The van der Waals surface area contributed by atoms with E-state index in [2.05, 4.69) is 20.6 Å². The Bertz CT molecular complexity index is 895. The number of fused-ring (bicyclic) bond motifs is 1. The molecule has 25 heavy (non-hydrogen) atoms. The minimum Gasteiger partial charge on any atom is -0.324 e. The molecule has 0 saturated carbocycles. The summed E-state index contributed by atoms with van der Waals surface area (Å²) in [6.45, 7) is 0. The molecule has 0 spiro atoms. The summed E-state index contributed by atoms with van der Waals surface area (Å²) in [5.74, 6) is 0.0744. The van der Waals surface area contributed by atoms with E-state index >= 15 is 0 Å². The zero-order valence-corrected chi connectivity index (χ0v) is 15.3. The predicted molar refractivity (Wildman–Crippen MR) is 100 cm³/mol. The van der Waals surface area contributed by atoms with Gasteiger partial charge >= 0.3 is 0 Å². The average molecular weight is 379 g/mol. The second-order valence-corrected chi connectivity index (χ2v) is 7.75. The normalized spacial score (nSPS) is 14.2. The molecule has 2 aromatic rings. The number of halogens is 1. The number of anilines is 1. The molecule has 6 nitrogen and oxygen atoms in total. The van der Waals surface area contributed by atoms with Gasteiger partial charge in [-0.1, -0.05) is 17.7 Å². The van der Waals surface area contributed by atoms with Crippen LogP contribution >= 0.6 is 11.6 Å². The predicted octanol–water partition coefficient (Wildman–Crippen LogP) is 2.71. The maximum absolute atomic E-state index is 12.6. The van der Waals surface area contributed by atoms with Gasteiger partial charge in [0.25, 0.3) is 10.0 Å². The van der Waals surface area contributed by atoms with Crippen molar-refractivity contribution in [2.75, 3.05) is 12.4 Å². The van der Waals surface area contributed by atoms with Crippen LogP contribution in [0.15, 0.2) is 51.8 Å². The standard InChI is InChI=1S/C17H19ClN4O2S/c1-19-21-17(20-15-8-6-14(18)7-9-15)22-25(23,24)16-10-5-12-3-2-4-13(12)11-16/h5-11,19H,2-4H2,1H3,(H2,20,21,22). The van der Waals surface area contributed by atoms with E-state index in [-0.39, 0.29) is 10.9 Å². The second kappa shape index (κ2) is 7.43. The fourth-order valence-corrected chi connectivity index (χ4v) is 3.84. The second-order valence-electron chi connectivity index (χ2n) is 5.71. The Labute approximate surface area is 152 Å².